The first kappa shape index (κ1) is 19.7. The van der Waals surface area contributed by atoms with Crippen molar-refractivity contribution < 1.29 is 19.1 Å². The van der Waals surface area contributed by atoms with Crippen LogP contribution in [0.15, 0.2) is 22.7 Å². The first-order chi connectivity index (χ1) is 12.8. The quantitative estimate of drug-likeness (QED) is 0.693. The Morgan fingerprint density at radius 1 is 1.37 bits per heavy atom. The predicted octanol–water partition coefficient (Wildman–Crippen LogP) is 2.92. The zero-order valence-electron chi connectivity index (χ0n) is 15.5. The number of hydrazine groups is 1. The third kappa shape index (κ3) is 4.10. The minimum Gasteiger partial charge on any atom is -0.496 e. The van der Waals surface area contributed by atoms with Gasteiger partial charge in [0.05, 0.1) is 11.6 Å². The van der Waals surface area contributed by atoms with Gasteiger partial charge in [-0.05, 0) is 71.6 Å². The summed E-state index contributed by atoms with van der Waals surface area (Å²) in [7, 11) is 1.59. The van der Waals surface area contributed by atoms with Crippen LogP contribution in [-0.4, -0.2) is 35.5 Å². The molecule has 0 atom stereocenters. The van der Waals surface area contributed by atoms with Crippen molar-refractivity contribution >= 4 is 33.8 Å². The molecule has 0 radical (unpaired) electrons. The molecule has 7 nitrogen and oxygen atoms in total. The fraction of sp³-hybridized carbons (Fsp3) is 0.526. The van der Waals surface area contributed by atoms with Crippen LogP contribution in [0.3, 0.4) is 0 Å². The van der Waals surface area contributed by atoms with Gasteiger partial charge in [-0.3, -0.25) is 15.0 Å². The number of methoxy groups -OCH3 is 1. The van der Waals surface area contributed by atoms with Crippen LogP contribution in [0, 0.1) is 5.92 Å². The molecule has 146 valence electrons. The molecule has 4 amide bonds. The van der Waals surface area contributed by atoms with Gasteiger partial charge < -0.3 is 10.1 Å². The number of hydrogen-bond acceptors (Lipinski definition) is 4. The summed E-state index contributed by atoms with van der Waals surface area (Å²) in [5.41, 5.74) is 2.57. The summed E-state index contributed by atoms with van der Waals surface area (Å²) in [6.45, 7) is 2.14. The summed E-state index contributed by atoms with van der Waals surface area (Å²) in [5, 5.41) is 3.64. The van der Waals surface area contributed by atoms with Crippen LogP contribution >= 0.6 is 15.9 Å². The van der Waals surface area contributed by atoms with E-state index >= 15 is 0 Å². The largest absolute Gasteiger partial charge is 0.496 e. The maximum absolute atomic E-state index is 12.7. The number of nitrogens with one attached hydrogen (secondary N) is 2. The van der Waals surface area contributed by atoms with Crippen LogP contribution < -0.4 is 15.5 Å². The number of urea groups is 1. The Labute approximate surface area is 166 Å². The third-order valence-corrected chi connectivity index (χ3v) is 6.00. The molecular formula is C19H24BrN3O4. The highest BCUT2D eigenvalue weighted by atomic mass is 79.9. The van der Waals surface area contributed by atoms with Crippen LogP contribution in [-0.2, 0) is 16.0 Å². The third-order valence-electron chi connectivity index (χ3n) is 5.38. The first-order valence-electron chi connectivity index (χ1n) is 9.13. The number of amides is 4. The average Bonchev–Trinajstić information content (AvgIpc) is 2.87. The molecule has 1 saturated carbocycles. The Bertz CT molecular complexity index is 759. The number of carbonyl (C=O) groups is 3. The smallest absolute Gasteiger partial charge is 0.344 e. The van der Waals surface area contributed by atoms with Crippen LogP contribution in [0.2, 0.25) is 0 Å². The lowest BCUT2D eigenvalue weighted by atomic mass is 9.77. The molecule has 1 spiro atoms. The van der Waals surface area contributed by atoms with E-state index in [0.29, 0.717) is 25.2 Å². The van der Waals surface area contributed by atoms with Crippen LogP contribution in [0.5, 0.6) is 5.75 Å². The van der Waals surface area contributed by atoms with Crippen molar-refractivity contribution in [2.24, 2.45) is 5.92 Å². The van der Waals surface area contributed by atoms with Crippen molar-refractivity contribution in [3.8, 4) is 5.75 Å². The maximum Gasteiger partial charge on any atom is 0.344 e. The Kier molecular flexibility index (Phi) is 5.74. The number of benzene rings is 1. The average molecular weight is 438 g/mol. The maximum atomic E-state index is 12.7. The molecule has 3 rings (SSSR count). The topological polar surface area (TPSA) is 87.7 Å². The standard InChI is InChI=1S/C19H24BrN3O4/c1-12-7-9-19(10-8-12)17(25)23(18(26)21-19)22-16(24)6-4-13-3-5-15(27-2)14(20)11-13/h3,5,11-12H,4,6-10H2,1-2H3,(H,21,26)(H,22,24). The summed E-state index contributed by atoms with van der Waals surface area (Å²) in [4.78, 5) is 37.2. The summed E-state index contributed by atoms with van der Waals surface area (Å²) < 4.78 is 6.00. The Morgan fingerprint density at radius 2 is 2.07 bits per heavy atom. The molecule has 1 aliphatic carbocycles. The number of hydrogen-bond donors (Lipinski definition) is 2. The lowest BCUT2D eigenvalue weighted by molar-refractivity contribution is -0.140. The molecule has 1 aromatic rings. The van der Waals surface area contributed by atoms with E-state index in [1.54, 1.807) is 7.11 Å². The Hall–Kier alpha value is -2.09. The molecule has 2 N–H and O–H groups in total. The number of ether oxygens (including phenoxy) is 1. The van der Waals surface area contributed by atoms with E-state index in [4.69, 9.17) is 4.74 Å². The number of aryl methyl sites for hydroxylation is 1. The highest BCUT2D eigenvalue weighted by Gasteiger charge is 2.52. The van der Waals surface area contributed by atoms with Crippen molar-refractivity contribution in [2.45, 2.75) is 51.0 Å². The van der Waals surface area contributed by atoms with Gasteiger partial charge in [-0.15, -0.1) is 0 Å². The molecule has 0 aromatic heterocycles. The molecule has 27 heavy (non-hydrogen) atoms. The Balaban J connectivity index is 1.57. The van der Waals surface area contributed by atoms with Crippen molar-refractivity contribution in [3.63, 3.8) is 0 Å². The summed E-state index contributed by atoms with van der Waals surface area (Å²) in [5.74, 6) is 0.550. The minimum absolute atomic E-state index is 0.167. The highest BCUT2D eigenvalue weighted by molar-refractivity contribution is 9.10. The van der Waals surface area contributed by atoms with E-state index in [-0.39, 0.29) is 18.2 Å². The molecular weight excluding hydrogens is 414 g/mol. The predicted molar refractivity (Wildman–Crippen MR) is 103 cm³/mol. The fourth-order valence-corrected chi connectivity index (χ4v) is 4.21. The van der Waals surface area contributed by atoms with Gasteiger partial charge in [0.25, 0.3) is 5.91 Å². The molecule has 0 unspecified atom stereocenters. The Morgan fingerprint density at radius 3 is 2.70 bits per heavy atom. The van der Waals surface area contributed by atoms with Gasteiger partial charge in [-0.2, -0.15) is 5.01 Å². The molecule has 8 heteroatoms. The van der Waals surface area contributed by atoms with Crippen molar-refractivity contribution in [1.29, 1.82) is 0 Å². The van der Waals surface area contributed by atoms with E-state index in [1.165, 1.54) is 0 Å². The molecule has 2 fully saturated rings. The molecule has 1 aromatic carbocycles. The lowest BCUT2D eigenvalue weighted by Crippen LogP contribution is -2.51. The number of rotatable bonds is 5. The molecule has 1 heterocycles. The zero-order valence-corrected chi connectivity index (χ0v) is 17.1. The number of carbonyl (C=O) groups excluding carboxylic acids is 3. The van der Waals surface area contributed by atoms with Crippen molar-refractivity contribution in [1.82, 2.24) is 15.8 Å². The summed E-state index contributed by atoms with van der Waals surface area (Å²) in [6, 6.07) is 5.04. The van der Waals surface area contributed by atoms with E-state index in [1.807, 2.05) is 18.2 Å². The van der Waals surface area contributed by atoms with Crippen LogP contribution in [0.4, 0.5) is 4.79 Å². The highest BCUT2D eigenvalue weighted by Crippen LogP contribution is 2.35. The molecule has 1 aliphatic heterocycles. The molecule has 2 aliphatic rings. The SMILES string of the molecule is COc1ccc(CCC(=O)NN2C(=O)NC3(CCC(C)CC3)C2=O)cc1Br. The second kappa shape index (κ2) is 7.88. The second-order valence-corrected chi connectivity index (χ2v) is 8.19. The van der Waals surface area contributed by atoms with Gasteiger partial charge in [0.15, 0.2) is 0 Å². The van der Waals surface area contributed by atoms with E-state index in [2.05, 4.69) is 33.6 Å². The number of nitrogens with zero attached hydrogens (tertiary/aromatic N) is 1. The summed E-state index contributed by atoms with van der Waals surface area (Å²) >= 11 is 3.41. The monoisotopic (exact) mass is 437 g/mol. The fourth-order valence-electron chi connectivity index (χ4n) is 3.62. The van der Waals surface area contributed by atoms with E-state index in [9.17, 15) is 14.4 Å². The van der Waals surface area contributed by atoms with E-state index < -0.39 is 11.6 Å². The molecule has 0 bridgehead atoms. The number of halogens is 1. The zero-order chi connectivity index (χ0) is 19.6. The second-order valence-electron chi connectivity index (χ2n) is 7.34. The normalized spacial score (nSPS) is 24.9. The van der Waals surface area contributed by atoms with Crippen molar-refractivity contribution in [2.75, 3.05) is 7.11 Å². The number of imide groups is 1. The van der Waals surface area contributed by atoms with Crippen LogP contribution in [0.1, 0.15) is 44.6 Å². The van der Waals surface area contributed by atoms with Gasteiger partial charge in [-0.1, -0.05) is 13.0 Å². The minimum atomic E-state index is -0.849. The van der Waals surface area contributed by atoms with Gasteiger partial charge >= 0.3 is 6.03 Å². The van der Waals surface area contributed by atoms with Gasteiger partial charge in [0.2, 0.25) is 5.91 Å². The summed E-state index contributed by atoms with van der Waals surface area (Å²) in [6.07, 6.45) is 3.66. The van der Waals surface area contributed by atoms with Gasteiger partial charge in [0, 0.05) is 6.42 Å². The van der Waals surface area contributed by atoms with Gasteiger partial charge in [-0.25, -0.2) is 4.79 Å². The van der Waals surface area contributed by atoms with Crippen molar-refractivity contribution in [3.05, 3.63) is 28.2 Å². The van der Waals surface area contributed by atoms with Gasteiger partial charge in [0.1, 0.15) is 11.3 Å². The van der Waals surface area contributed by atoms with Crippen LogP contribution in [0.25, 0.3) is 0 Å². The lowest BCUT2D eigenvalue weighted by Gasteiger charge is -2.33. The first-order valence-corrected chi connectivity index (χ1v) is 9.92. The van der Waals surface area contributed by atoms with E-state index in [0.717, 1.165) is 33.6 Å². The molecule has 1 saturated heterocycles.